The lowest BCUT2D eigenvalue weighted by atomic mass is 9.92. The van der Waals surface area contributed by atoms with Crippen LogP contribution in [0.15, 0.2) is 40.9 Å². The van der Waals surface area contributed by atoms with Gasteiger partial charge in [-0.05, 0) is 61.6 Å². The van der Waals surface area contributed by atoms with Gasteiger partial charge in [0.15, 0.2) is 0 Å². The Labute approximate surface area is 211 Å². The number of aliphatic hydroxyl groups is 1. The summed E-state index contributed by atoms with van der Waals surface area (Å²) in [6.45, 7) is 7.41. The number of urea groups is 1. The summed E-state index contributed by atoms with van der Waals surface area (Å²) in [6.07, 6.45) is 1.81. The summed E-state index contributed by atoms with van der Waals surface area (Å²) in [4.78, 5) is 29.2. The number of rotatable bonds is 6. The molecule has 2 aliphatic rings. The molecule has 1 fully saturated rings. The number of benzene rings is 2. The molecule has 3 N–H and O–H groups in total. The molecule has 2 aliphatic heterocycles. The van der Waals surface area contributed by atoms with E-state index in [1.165, 1.54) is 18.6 Å². The third kappa shape index (κ3) is 5.05. The van der Waals surface area contributed by atoms with Crippen LogP contribution in [0.3, 0.4) is 0 Å². The molecule has 3 atom stereocenters. The first-order valence-corrected chi connectivity index (χ1v) is 12.5. The average Bonchev–Trinajstić information content (AvgIpc) is 2.78. The second kappa shape index (κ2) is 10.2. The van der Waals surface area contributed by atoms with Crippen LogP contribution in [-0.4, -0.2) is 48.1 Å². The van der Waals surface area contributed by atoms with Gasteiger partial charge in [0, 0.05) is 29.7 Å². The maximum Gasteiger partial charge on any atom is 0.329 e. The van der Waals surface area contributed by atoms with Crippen LogP contribution in [0.5, 0.6) is 0 Å². The third-order valence-electron chi connectivity index (χ3n) is 6.48. The molecule has 0 aromatic heterocycles. The molecule has 0 unspecified atom stereocenters. The molecule has 35 heavy (non-hydrogen) atoms. The van der Waals surface area contributed by atoms with Gasteiger partial charge in [-0.1, -0.05) is 35.8 Å². The molecule has 10 heteroatoms. The zero-order chi connectivity index (χ0) is 25.3. The molecule has 188 valence electrons. The summed E-state index contributed by atoms with van der Waals surface area (Å²) < 4.78 is 30.0. The zero-order valence-corrected chi connectivity index (χ0v) is 21.2. The summed E-state index contributed by atoms with van der Waals surface area (Å²) in [5, 5.41) is 16.9. The van der Waals surface area contributed by atoms with Crippen molar-refractivity contribution in [1.82, 2.24) is 10.2 Å². The molecular weight excluding hydrogens is 522 g/mol. The highest BCUT2D eigenvalue weighted by Crippen LogP contribution is 2.42. The third-order valence-corrected chi connectivity index (χ3v) is 6.98. The largest absolute Gasteiger partial charge is 0.359 e. The van der Waals surface area contributed by atoms with E-state index >= 15 is 0 Å². The number of carbonyl (C=O) groups excluding carboxylic acids is 2. The number of hydrogen-bond acceptors (Lipinski definition) is 4. The molecule has 0 radical (unpaired) electrons. The fourth-order valence-electron chi connectivity index (χ4n) is 5.14. The van der Waals surface area contributed by atoms with Crippen LogP contribution in [0.25, 0.3) is 0 Å². The van der Waals surface area contributed by atoms with Crippen molar-refractivity contribution in [1.29, 1.82) is 0 Å². The predicted molar refractivity (Wildman–Crippen MR) is 133 cm³/mol. The smallest absolute Gasteiger partial charge is 0.329 e. The number of carbonyl (C=O) groups is 2. The van der Waals surface area contributed by atoms with Gasteiger partial charge in [-0.15, -0.1) is 0 Å². The monoisotopic (exact) mass is 550 g/mol. The van der Waals surface area contributed by atoms with E-state index in [0.29, 0.717) is 27.6 Å². The van der Waals surface area contributed by atoms with Gasteiger partial charge >= 0.3 is 6.03 Å². The van der Waals surface area contributed by atoms with Crippen molar-refractivity contribution >= 4 is 39.2 Å². The van der Waals surface area contributed by atoms with Gasteiger partial charge in [0.1, 0.15) is 17.3 Å². The van der Waals surface area contributed by atoms with Crippen molar-refractivity contribution < 1.29 is 23.5 Å². The van der Waals surface area contributed by atoms with Crippen molar-refractivity contribution in [3.63, 3.8) is 0 Å². The first-order valence-electron chi connectivity index (χ1n) is 11.7. The van der Waals surface area contributed by atoms with E-state index in [1.807, 2.05) is 0 Å². The number of piperidine rings is 1. The number of nitrogens with one attached hydrogen (secondary N) is 2. The molecule has 0 saturated carbocycles. The molecule has 7 nitrogen and oxygen atoms in total. The molecule has 0 spiro atoms. The van der Waals surface area contributed by atoms with Crippen LogP contribution in [0.4, 0.5) is 25.0 Å². The Kier molecular flexibility index (Phi) is 7.44. The van der Waals surface area contributed by atoms with Crippen molar-refractivity contribution in [3.8, 4) is 0 Å². The van der Waals surface area contributed by atoms with Gasteiger partial charge in [-0.2, -0.15) is 0 Å². The fourth-order valence-corrected chi connectivity index (χ4v) is 5.51. The lowest BCUT2D eigenvalue weighted by molar-refractivity contribution is -0.140. The van der Waals surface area contributed by atoms with Crippen LogP contribution < -0.4 is 15.5 Å². The maximum atomic E-state index is 14.7. The van der Waals surface area contributed by atoms with Gasteiger partial charge in [-0.25, -0.2) is 18.5 Å². The first-order chi connectivity index (χ1) is 16.6. The number of nitrogens with zero attached hydrogens (tertiary/aromatic N) is 2. The molecule has 2 aromatic carbocycles. The van der Waals surface area contributed by atoms with E-state index in [-0.39, 0.29) is 17.8 Å². The van der Waals surface area contributed by atoms with Crippen molar-refractivity contribution in [3.05, 3.63) is 58.1 Å². The summed E-state index contributed by atoms with van der Waals surface area (Å²) in [6, 6.07) is 6.60. The molecule has 0 aliphatic carbocycles. The van der Waals surface area contributed by atoms with Gasteiger partial charge in [0.05, 0.1) is 5.69 Å². The number of likely N-dealkylation sites (tertiary alicyclic amines) is 1. The van der Waals surface area contributed by atoms with E-state index in [1.54, 1.807) is 6.07 Å². The van der Waals surface area contributed by atoms with Crippen LogP contribution >= 0.6 is 15.9 Å². The second-order valence-electron chi connectivity index (χ2n) is 9.51. The van der Waals surface area contributed by atoms with E-state index in [9.17, 15) is 23.5 Å². The molecule has 4 rings (SSSR count). The number of para-hydroxylation sites is 1. The van der Waals surface area contributed by atoms with Crippen molar-refractivity contribution in [2.24, 2.45) is 11.8 Å². The Morgan fingerprint density at radius 3 is 2.51 bits per heavy atom. The Balaban J connectivity index is 1.60. The number of fused-ring (bicyclic) bond motifs is 1. The molecule has 2 heterocycles. The molecule has 3 amide bonds. The highest BCUT2D eigenvalue weighted by molar-refractivity contribution is 9.10. The van der Waals surface area contributed by atoms with E-state index in [4.69, 9.17) is 0 Å². The number of anilines is 2. The van der Waals surface area contributed by atoms with Gasteiger partial charge < -0.3 is 20.6 Å². The van der Waals surface area contributed by atoms with Crippen molar-refractivity contribution in [2.75, 3.05) is 36.4 Å². The molecular formula is C25H29BrF2N4O3. The summed E-state index contributed by atoms with van der Waals surface area (Å²) in [5.74, 6) is -1.91. The van der Waals surface area contributed by atoms with Crippen LogP contribution in [0, 0.1) is 23.5 Å². The minimum absolute atomic E-state index is 0.00897. The predicted octanol–water partition coefficient (Wildman–Crippen LogP) is 4.41. The Morgan fingerprint density at radius 1 is 1.20 bits per heavy atom. The molecule has 0 bridgehead atoms. The maximum absolute atomic E-state index is 14.7. The van der Waals surface area contributed by atoms with Crippen LogP contribution in [0.2, 0.25) is 0 Å². The molecule has 1 saturated heterocycles. The lowest BCUT2D eigenvalue weighted by Gasteiger charge is -2.42. The average molecular weight is 551 g/mol. The SMILES string of the molecule is C[C@@H]1C[C@@H](C)CN(CCCNC(=O)[C@]2(O)c3cc(Br)ccc3NC(=O)N2c2c(F)cccc2F)C1. The number of hydrogen-bond donors (Lipinski definition) is 3. The van der Waals surface area contributed by atoms with Crippen molar-refractivity contribution in [2.45, 2.75) is 32.4 Å². The van der Waals surface area contributed by atoms with Gasteiger partial charge in [0.2, 0.25) is 0 Å². The summed E-state index contributed by atoms with van der Waals surface area (Å²) in [5.41, 5.74) is -3.34. The Hall–Kier alpha value is -2.56. The Morgan fingerprint density at radius 2 is 1.86 bits per heavy atom. The number of amides is 3. The summed E-state index contributed by atoms with van der Waals surface area (Å²) in [7, 11) is 0. The minimum Gasteiger partial charge on any atom is -0.359 e. The number of halogens is 3. The second-order valence-corrected chi connectivity index (χ2v) is 10.4. The van der Waals surface area contributed by atoms with E-state index in [2.05, 4.69) is 45.3 Å². The highest BCUT2D eigenvalue weighted by Gasteiger charge is 2.53. The standard InChI is InChI=1S/C25H29BrF2N4O3/c1-15-11-16(2)14-31(13-15)10-4-9-29-23(33)25(35)18-12-17(26)7-8-21(18)30-24(34)32(25)22-19(27)5-3-6-20(22)28/h3,5-8,12,15-16,35H,4,9-11,13-14H2,1-2H3,(H,29,33)(H,30,34)/t15-,16-,25-/m1/s1. The Bertz CT molecular complexity index is 1100. The summed E-state index contributed by atoms with van der Waals surface area (Å²) >= 11 is 3.30. The van der Waals surface area contributed by atoms with Crippen LogP contribution in [-0.2, 0) is 10.5 Å². The molecule has 2 aromatic rings. The normalized spacial score (nSPS) is 24.6. The first kappa shape index (κ1) is 25.5. The fraction of sp³-hybridized carbons (Fsp3) is 0.440. The van der Waals surface area contributed by atoms with E-state index < -0.39 is 35.0 Å². The minimum atomic E-state index is -2.68. The van der Waals surface area contributed by atoms with Gasteiger partial charge in [0.25, 0.3) is 11.6 Å². The topological polar surface area (TPSA) is 84.9 Å². The zero-order valence-electron chi connectivity index (χ0n) is 19.7. The van der Waals surface area contributed by atoms with Gasteiger partial charge in [-0.3, -0.25) is 4.79 Å². The quantitative estimate of drug-likeness (QED) is 0.465. The lowest BCUT2D eigenvalue weighted by Crippen LogP contribution is -2.63. The van der Waals surface area contributed by atoms with E-state index in [0.717, 1.165) is 37.8 Å². The highest BCUT2D eigenvalue weighted by atomic mass is 79.9. The van der Waals surface area contributed by atoms with Crippen LogP contribution in [0.1, 0.15) is 32.3 Å².